The number of benzene rings is 4. The lowest BCUT2D eigenvalue weighted by molar-refractivity contribution is -0.135. The second kappa shape index (κ2) is 10.6. The topological polar surface area (TPSA) is 95.2 Å². The van der Waals surface area contributed by atoms with E-state index in [1.807, 2.05) is 48.5 Å². The van der Waals surface area contributed by atoms with Gasteiger partial charge < -0.3 is 23.7 Å². The fourth-order valence-electron chi connectivity index (χ4n) is 5.06. The number of hydrogen-bond donors (Lipinski definition) is 1. The smallest absolute Gasteiger partial charge is 0.312 e. The highest BCUT2D eigenvalue weighted by atomic mass is 16.5. The maximum Gasteiger partial charge on any atom is 0.312 e. The molecule has 0 amide bonds. The molecule has 2 heterocycles. The lowest BCUT2D eigenvalue weighted by atomic mass is 9.85. The van der Waals surface area contributed by atoms with Gasteiger partial charge in [0.1, 0.15) is 34.8 Å². The summed E-state index contributed by atoms with van der Waals surface area (Å²) in [6.07, 6.45) is 2.29. The predicted octanol–water partition coefficient (Wildman–Crippen LogP) is 6.24. The minimum absolute atomic E-state index is 0.112. The standard InChI is InChI=1S/C33H26O7/c1-37-24-10-2-20(3-11-24)16-17-38-25-12-6-21(7-13-25)27-18-30(35)40-29-15-14-26-32(36)28(19-39-33(26)31(27)29)22-4-8-23(34)9-5-22/h2-15,19,27,34H,16-18H2,1H3/t27-/m1/s1. The van der Waals surface area contributed by atoms with E-state index in [0.29, 0.717) is 40.0 Å². The van der Waals surface area contributed by atoms with Crippen LogP contribution in [0, 0.1) is 0 Å². The quantitative estimate of drug-likeness (QED) is 0.195. The average molecular weight is 535 g/mol. The number of fused-ring (bicyclic) bond motifs is 3. The zero-order chi connectivity index (χ0) is 27.6. The predicted molar refractivity (Wildman–Crippen MR) is 150 cm³/mol. The third-order valence-corrected chi connectivity index (χ3v) is 7.16. The lowest BCUT2D eigenvalue weighted by Gasteiger charge is -2.25. The number of carbonyl (C=O) groups excluding carboxylic acids is 1. The van der Waals surface area contributed by atoms with Crippen molar-refractivity contribution in [2.24, 2.45) is 0 Å². The van der Waals surface area contributed by atoms with Crippen molar-refractivity contribution in [2.75, 3.05) is 13.7 Å². The van der Waals surface area contributed by atoms with Gasteiger partial charge in [0.2, 0.25) is 5.43 Å². The molecule has 0 radical (unpaired) electrons. The Balaban J connectivity index is 1.27. The van der Waals surface area contributed by atoms with Crippen LogP contribution in [0.25, 0.3) is 22.1 Å². The van der Waals surface area contributed by atoms with E-state index >= 15 is 0 Å². The fourth-order valence-corrected chi connectivity index (χ4v) is 5.06. The highest BCUT2D eigenvalue weighted by Gasteiger charge is 2.32. The highest BCUT2D eigenvalue weighted by molar-refractivity contribution is 5.90. The van der Waals surface area contributed by atoms with Crippen LogP contribution in [0.2, 0.25) is 0 Å². The van der Waals surface area contributed by atoms with Crippen molar-refractivity contribution >= 4 is 16.9 Å². The first-order valence-electron chi connectivity index (χ1n) is 12.9. The van der Waals surface area contributed by atoms with Crippen LogP contribution < -0.4 is 19.6 Å². The summed E-state index contributed by atoms with van der Waals surface area (Å²) in [5.41, 5.74) is 3.91. The number of phenols is 1. The van der Waals surface area contributed by atoms with Crippen molar-refractivity contribution in [1.82, 2.24) is 0 Å². The third kappa shape index (κ3) is 4.89. The Morgan fingerprint density at radius 1 is 0.875 bits per heavy atom. The monoisotopic (exact) mass is 534 g/mol. The van der Waals surface area contributed by atoms with Crippen molar-refractivity contribution in [3.63, 3.8) is 0 Å². The van der Waals surface area contributed by atoms with Crippen LogP contribution >= 0.6 is 0 Å². The Bertz CT molecular complexity index is 1730. The van der Waals surface area contributed by atoms with Crippen LogP contribution in [0.4, 0.5) is 0 Å². The largest absolute Gasteiger partial charge is 0.508 e. The van der Waals surface area contributed by atoms with Crippen molar-refractivity contribution in [1.29, 1.82) is 0 Å². The zero-order valence-corrected chi connectivity index (χ0v) is 21.8. The molecule has 0 saturated heterocycles. The van der Waals surface area contributed by atoms with Gasteiger partial charge in [-0.2, -0.15) is 0 Å². The number of phenolic OH excluding ortho intramolecular Hbond substituents is 1. The molecule has 7 heteroatoms. The zero-order valence-electron chi connectivity index (χ0n) is 21.8. The second-order valence-corrected chi connectivity index (χ2v) is 9.63. The van der Waals surface area contributed by atoms with E-state index in [-0.39, 0.29) is 29.5 Å². The van der Waals surface area contributed by atoms with Gasteiger partial charge >= 0.3 is 5.97 Å². The molecule has 1 atom stereocenters. The molecule has 7 nitrogen and oxygen atoms in total. The van der Waals surface area contributed by atoms with Gasteiger partial charge in [0, 0.05) is 17.9 Å². The molecule has 1 aliphatic rings. The molecule has 4 aromatic carbocycles. The lowest BCUT2D eigenvalue weighted by Crippen LogP contribution is -2.22. The van der Waals surface area contributed by atoms with E-state index in [0.717, 1.165) is 29.0 Å². The maximum atomic E-state index is 13.4. The summed E-state index contributed by atoms with van der Waals surface area (Å²) in [5, 5.41) is 10.00. The summed E-state index contributed by atoms with van der Waals surface area (Å²) < 4.78 is 22.7. The summed E-state index contributed by atoms with van der Waals surface area (Å²) in [6.45, 7) is 0.517. The first-order chi connectivity index (χ1) is 19.5. The van der Waals surface area contributed by atoms with Crippen LogP contribution in [0.1, 0.15) is 29.0 Å². The molecule has 200 valence electrons. The molecule has 5 aromatic rings. The van der Waals surface area contributed by atoms with Gasteiger partial charge in [0.05, 0.1) is 31.1 Å². The highest BCUT2D eigenvalue weighted by Crippen LogP contribution is 2.43. The summed E-state index contributed by atoms with van der Waals surface area (Å²) >= 11 is 0. The van der Waals surface area contributed by atoms with Crippen molar-refractivity contribution in [3.8, 4) is 34.1 Å². The van der Waals surface area contributed by atoms with Gasteiger partial charge in [-0.25, -0.2) is 0 Å². The number of esters is 1. The molecule has 1 aliphatic heterocycles. The van der Waals surface area contributed by atoms with Crippen molar-refractivity contribution in [3.05, 3.63) is 118 Å². The van der Waals surface area contributed by atoms with E-state index < -0.39 is 0 Å². The average Bonchev–Trinajstić information content (AvgIpc) is 2.98. The molecule has 6 rings (SSSR count). The summed E-state index contributed by atoms with van der Waals surface area (Å²) in [6, 6.07) is 25.1. The SMILES string of the molecule is COc1ccc(CCOc2ccc([C@H]3CC(=O)Oc4ccc5c(=O)c(-c6ccc(O)cc6)coc5c43)cc2)cc1. The minimum atomic E-state index is -0.351. The van der Waals surface area contributed by atoms with Crippen LogP contribution in [0.15, 0.2) is 100 Å². The van der Waals surface area contributed by atoms with Gasteiger partial charge in [-0.05, 0) is 65.2 Å². The van der Waals surface area contributed by atoms with Gasteiger partial charge in [0.15, 0.2) is 0 Å². The molecule has 0 bridgehead atoms. The van der Waals surface area contributed by atoms with Crippen LogP contribution in [-0.4, -0.2) is 24.8 Å². The van der Waals surface area contributed by atoms with Crippen molar-refractivity contribution in [2.45, 2.75) is 18.8 Å². The van der Waals surface area contributed by atoms with Gasteiger partial charge in [-0.15, -0.1) is 0 Å². The van der Waals surface area contributed by atoms with Crippen LogP contribution in [0.3, 0.4) is 0 Å². The normalized spacial score (nSPS) is 14.4. The van der Waals surface area contributed by atoms with Gasteiger partial charge in [-0.1, -0.05) is 36.4 Å². The van der Waals surface area contributed by atoms with E-state index in [4.69, 9.17) is 18.6 Å². The molecule has 0 unspecified atom stereocenters. The Morgan fingerprint density at radius 2 is 1.60 bits per heavy atom. The van der Waals surface area contributed by atoms with Crippen LogP contribution in [-0.2, 0) is 11.2 Å². The maximum absolute atomic E-state index is 13.4. The van der Waals surface area contributed by atoms with Gasteiger partial charge in [-0.3, -0.25) is 9.59 Å². The Kier molecular flexibility index (Phi) is 6.70. The first-order valence-corrected chi connectivity index (χ1v) is 12.9. The second-order valence-electron chi connectivity index (χ2n) is 9.63. The molecule has 0 spiro atoms. The molecular weight excluding hydrogens is 508 g/mol. The fraction of sp³-hybridized carbons (Fsp3) is 0.152. The molecule has 1 aromatic heterocycles. The van der Waals surface area contributed by atoms with E-state index in [1.165, 1.54) is 18.4 Å². The number of hydrogen-bond acceptors (Lipinski definition) is 7. The molecule has 1 N–H and O–H groups in total. The Hall–Kier alpha value is -5.04. The number of carbonyl (C=O) groups is 1. The first kappa shape index (κ1) is 25.2. The molecule has 0 aliphatic carbocycles. The van der Waals surface area contributed by atoms with E-state index in [9.17, 15) is 14.7 Å². The summed E-state index contributed by atoms with van der Waals surface area (Å²) in [4.78, 5) is 25.9. The molecule has 40 heavy (non-hydrogen) atoms. The number of aromatic hydroxyl groups is 1. The molecular formula is C33H26O7. The third-order valence-electron chi connectivity index (χ3n) is 7.16. The minimum Gasteiger partial charge on any atom is -0.508 e. The number of ether oxygens (including phenoxy) is 3. The van der Waals surface area contributed by atoms with E-state index in [1.54, 1.807) is 31.4 Å². The Morgan fingerprint density at radius 3 is 2.33 bits per heavy atom. The Labute approximate surface area is 230 Å². The molecule has 0 saturated carbocycles. The number of rotatable bonds is 7. The van der Waals surface area contributed by atoms with E-state index in [2.05, 4.69) is 0 Å². The summed E-state index contributed by atoms with van der Waals surface area (Å²) in [5.74, 6) is 1.34. The summed E-state index contributed by atoms with van der Waals surface area (Å²) in [7, 11) is 1.64. The van der Waals surface area contributed by atoms with Crippen LogP contribution in [0.5, 0.6) is 23.0 Å². The number of methoxy groups -OCH3 is 1. The van der Waals surface area contributed by atoms with Gasteiger partial charge in [0.25, 0.3) is 0 Å². The molecule has 0 fully saturated rings. The van der Waals surface area contributed by atoms with Crippen molar-refractivity contribution < 1.29 is 28.5 Å².